The molecule has 2 N–H and O–H groups in total. The summed E-state index contributed by atoms with van der Waals surface area (Å²) in [5.41, 5.74) is 0. The number of carboxylic acid groups (broad SMARTS) is 2. The normalized spacial score (nSPS) is 10.1. The number of aliphatic carboxylic acids is 2. The van der Waals surface area contributed by atoms with E-state index in [4.69, 9.17) is 24.4 Å². The third-order valence-electron chi connectivity index (χ3n) is 2.52. The molecule has 0 aliphatic rings. The van der Waals surface area contributed by atoms with Crippen molar-refractivity contribution in [2.75, 3.05) is 26.4 Å². The second-order valence-electron chi connectivity index (χ2n) is 4.55. The fourth-order valence-corrected chi connectivity index (χ4v) is 1.44. The Balaban J connectivity index is 3.35. The van der Waals surface area contributed by atoms with Crippen molar-refractivity contribution in [2.24, 2.45) is 0 Å². The predicted molar refractivity (Wildman–Crippen MR) is 75.7 cm³/mol. The van der Waals surface area contributed by atoms with Gasteiger partial charge in [-0.1, -0.05) is 0 Å². The molecular weight excluding hydrogens is 312 g/mol. The fourth-order valence-electron chi connectivity index (χ4n) is 1.44. The number of carbonyl (C=O) groups is 4. The summed E-state index contributed by atoms with van der Waals surface area (Å²) in [6, 6.07) is 0. The molecule has 23 heavy (non-hydrogen) atoms. The number of esters is 2. The van der Waals surface area contributed by atoms with Crippen molar-refractivity contribution in [1.29, 1.82) is 0 Å². The molecule has 0 unspecified atom stereocenters. The Morgan fingerprint density at radius 1 is 0.609 bits per heavy atom. The van der Waals surface area contributed by atoms with Gasteiger partial charge in [0.05, 0.1) is 13.2 Å². The van der Waals surface area contributed by atoms with Gasteiger partial charge in [-0.15, -0.1) is 0 Å². The van der Waals surface area contributed by atoms with Crippen LogP contribution in [0.2, 0.25) is 0 Å². The molecule has 0 amide bonds. The molecule has 0 aromatic heterocycles. The van der Waals surface area contributed by atoms with E-state index in [1.165, 1.54) is 0 Å². The average molecular weight is 334 g/mol. The van der Waals surface area contributed by atoms with Gasteiger partial charge in [0, 0.05) is 25.7 Å². The first-order valence-corrected chi connectivity index (χ1v) is 7.24. The standard InChI is InChI=1S/C14H22O9/c15-11(16)3-1-5-13(19)22-9-7-21-8-10-23-14(20)6-2-4-12(17)18/h1-10H2,(H,15,16)(H,17,18). The minimum absolute atomic E-state index is 0.0401. The van der Waals surface area contributed by atoms with Crippen LogP contribution in [0.5, 0.6) is 0 Å². The van der Waals surface area contributed by atoms with Crippen LogP contribution >= 0.6 is 0 Å². The summed E-state index contributed by atoms with van der Waals surface area (Å²) in [6.45, 7) is 0.361. The molecule has 0 atom stereocenters. The second kappa shape index (κ2) is 13.5. The average Bonchev–Trinajstić information content (AvgIpc) is 2.45. The van der Waals surface area contributed by atoms with E-state index in [0.717, 1.165) is 0 Å². The number of hydrogen-bond donors (Lipinski definition) is 2. The van der Waals surface area contributed by atoms with Gasteiger partial charge in [-0.3, -0.25) is 19.2 Å². The molecule has 132 valence electrons. The molecule has 0 saturated heterocycles. The lowest BCUT2D eigenvalue weighted by molar-refractivity contribution is -0.146. The number of hydrogen-bond acceptors (Lipinski definition) is 7. The first-order chi connectivity index (χ1) is 10.9. The van der Waals surface area contributed by atoms with Gasteiger partial charge in [0.15, 0.2) is 0 Å². The SMILES string of the molecule is O=C(O)CCCC(=O)OCCOCCOC(=O)CCCC(=O)O. The first-order valence-electron chi connectivity index (χ1n) is 7.24. The van der Waals surface area contributed by atoms with Gasteiger partial charge in [0.2, 0.25) is 0 Å². The Labute approximate surface area is 133 Å². The van der Waals surface area contributed by atoms with Crippen LogP contribution in [-0.4, -0.2) is 60.5 Å². The molecule has 0 saturated carbocycles. The highest BCUT2D eigenvalue weighted by Gasteiger charge is 2.06. The van der Waals surface area contributed by atoms with Crippen LogP contribution in [0.3, 0.4) is 0 Å². The van der Waals surface area contributed by atoms with Gasteiger partial charge in [-0.05, 0) is 12.8 Å². The maximum absolute atomic E-state index is 11.2. The minimum atomic E-state index is -0.960. The summed E-state index contributed by atoms with van der Waals surface area (Å²) < 4.78 is 14.7. The van der Waals surface area contributed by atoms with Crippen LogP contribution < -0.4 is 0 Å². The zero-order valence-electron chi connectivity index (χ0n) is 12.8. The molecule has 9 heteroatoms. The Morgan fingerprint density at radius 2 is 1.00 bits per heavy atom. The van der Waals surface area contributed by atoms with Crippen LogP contribution in [0, 0.1) is 0 Å². The third-order valence-corrected chi connectivity index (χ3v) is 2.52. The molecule has 0 aromatic carbocycles. The van der Waals surface area contributed by atoms with Crippen molar-refractivity contribution in [3.63, 3.8) is 0 Å². The third kappa shape index (κ3) is 16.0. The Hall–Kier alpha value is -2.16. The van der Waals surface area contributed by atoms with Crippen LogP contribution in [0.4, 0.5) is 0 Å². The van der Waals surface area contributed by atoms with E-state index >= 15 is 0 Å². The predicted octanol–water partition coefficient (Wildman–Crippen LogP) is 0.599. The zero-order valence-corrected chi connectivity index (χ0v) is 12.8. The Morgan fingerprint density at radius 3 is 1.35 bits per heavy atom. The van der Waals surface area contributed by atoms with Gasteiger partial charge in [-0.25, -0.2) is 0 Å². The van der Waals surface area contributed by atoms with E-state index in [2.05, 4.69) is 0 Å². The highest BCUT2D eigenvalue weighted by atomic mass is 16.6. The molecule has 0 heterocycles. The van der Waals surface area contributed by atoms with Crippen molar-refractivity contribution < 1.29 is 43.6 Å². The Bertz CT molecular complexity index is 356. The minimum Gasteiger partial charge on any atom is -0.481 e. The van der Waals surface area contributed by atoms with E-state index in [9.17, 15) is 19.2 Å². The van der Waals surface area contributed by atoms with Crippen molar-refractivity contribution in [3.05, 3.63) is 0 Å². The summed E-state index contributed by atoms with van der Waals surface area (Å²) in [4.78, 5) is 42.8. The molecule has 0 aromatic rings. The summed E-state index contributed by atoms with van der Waals surface area (Å²) >= 11 is 0. The maximum Gasteiger partial charge on any atom is 0.305 e. The molecule has 0 bridgehead atoms. The van der Waals surface area contributed by atoms with Gasteiger partial charge in [0.1, 0.15) is 13.2 Å². The van der Waals surface area contributed by atoms with Crippen LogP contribution in [0.1, 0.15) is 38.5 Å². The van der Waals surface area contributed by atoms with E-state index in [0.29, 0.717) is 0 Å². The van der Waals surface area contributed by atoms with E-state index in [1.54, 1.807) is 0 Å². The number of rotatable bonds is 14. The zero-order chi connectivity index (χ0) is 17.5. The van der Waals surface area contributed by atoms with Crippen molar-refractivity contribution in [2.45, 2.75) is 38.5 Å². The number of carboxylic acids is 2. The van der Waals surface area contributed by atoms with Crippen LogP contribution in [0.15, 0.2) is 0 Å². The van der Waals surface area contributed by atoms with E-state index in [-0.39, 0.29) is 65.0 Å². The highest BCUT2D eigenvalue weighted by molar-refractivity contribution is 5.72. The maximum atomic E-state index is 11.2. The smallest absolute Gasteiger partial charge is 0.305 e. The summed E-state index contributed by atoms with van der Waals surface area (Å²) in [5, 5.41) is 16.8. The van der Waals surface area contributed by atoms with E-state index in [1.807, 2.05) is 0 Å². The molecule has 0 fully saturated rings. The fraction of sp³-hybridized carbons (Fsp3) is 0.714. The van der Waals surface area contributed by atoms with Crippen molar-refractivity contribution >= 4 is 23.9 Å². The molecule has 9 nitrogen and oxygen atoms in total. The lowest BCUT2D eigenvalue weighted by Crippen LogP contribution is -2.14. The molecule has 0 aliphatic carbocycles. The quantitative estimate of drug-likeness (QED) is 0.345. The van der Waals surface area contributed by atoms with Crippen molar-refractivity contribution in [1.82, 2.24) is 0 Å². The van der Waals surface area contributed by atoms with Crippen LogP contribution in [0.25, 0.3) is 0 Å². The molecule has 0 aliphatic heterocycles. The summed E-state index contributed by atoms with van der Waals surface area (Å²) in [5.74, 6) is -2.89. The summed E-state index contributed by atoms with van der Waals surface area (Å²) in [6.07, 6.45) is 0.382. The Kier molecular flexibility index (Phi) is 12.2. The van der Waals surface area contributed by atoms with Gasteiger partial charge in [0.25, 0.3) is 0 Å². The molecule has 0 radical (unpaired) electrons. The topological polar surface area (TPSA) is 136 Å². The number of carbonyl (C=O) groups excluding carboxylic acids is 2. The largest absolute Gasteiger partial charge is 0.481 e. The summed E-state index contributed by atoms with van der Waals surface area (Å²) in [7, 11) is 0. The van der Waals surface area contributed by atoms with Gasteiger partial charge in [-0.2, -0.15) is 0 Å². The lowest BCUT2D eigenvalue weighted by atomic mass is 10.2. The monoisotopic (exact) mass is 334 g/mol. The lowest BCUT2D eigenvalue weighted by Gasteiger charge is -2.07. The van der Waals surface area contributed by atoms with Crippen LogP contribution in [-0.2, 0) is 33.4 Å². The molecule has 0 spiro atoms. The highest BCUT2D eigenvalue weighted by Crippen LogP contribution is 1.99. The van der Waals surface area contributed by atoms with Crippen molar-refractivity contribution in [3.8, 4) is 0 Å². The van der Waals surface area contributed by atoms with E-state index < -0.39 is 23.9 Å². The van der Waals surface area contributed by atoms with Gasteiger partial charge < -0.3 is 24.4 Å². The first kappa shape index (κ1) is 20.8. The van der Waals surface area contributed by atoms with Gasteiger partial charge >= 0.3 is 23.9 Å². The second-order valence-corrected chi connectivity index (χ2v) is 4.55. The molecule has 0 rings (SSSR count). The number of ether oxygens (including phenoxy) is 3. The molecular formula is C14H22O9.